The summed E-state index contributed by atoms with van der Waals surface area (Å²) < 4.78 is 0. The normalized spacial score (nSPS) is 19.5. The molecule has 0 spiro atoms. The smallest absolute Gasteiger partial charge is 0.143 e. The van der Waals surface area contributed by atoms with Crippen LogP contribution in [0.25, 0.3) is 0 Å². The number of nitriles is 1. The number of hydrogen-bond donors (Lipinski definition) is 1. The molecule has 5 heteroatoms. The lowest BCUT2D eigenvalue weighted by atomic mass is 10.1. The second kappa shape index (κ2) is 5.06. The summed E-state index contributed by atoms with van der Waals surface area (Å²) in [5.41, 5.74) is 3.90. The monoisotopic (exact) mass is 257 g/mol. The third kappa shape index (κ3) is 2.36. The summed E-state index contributed by atoms with van der Waals surface area (Å²) in [4.78, 5) is 9.15. The molecule has 1 aromatic heterocycles. The molecule has 1 aromatic rings. The van der Waals surface area contributed by atoms with Crippen LogP contribution >= 0.6 is 0 Å². The van der Waals surface area contributed by atoms with Gasteiger partial charge < -0.3 is 15.1 Å². The summed E-state index contributed by atoms with van der Waals surface area (Å²) in [5, 5.41) is 12.6. The van der Waals surface area contributed by atoms with E-state index in [2.05, 4.69) is 33.2 Å². The number of piperazine rings is 1. The molecule has 0 unspecified atom stereocenters. The van der Waals surface area contributed by atoms with Crippen LogP contribution in [0.15, 0.2) is 6.07 Å². The fourth-order valence-electron chi connectivity index (χ4n) is 2.78. The van der Waals surface area contributed by atoms with E-state index in [1.165, 1.54) is 0 Å². The molecule has 1 N–H and O–H groups in total. The van der Waals surface area contributed by atoms with Gasteiger partial charge in [0.1, 0.15) is 11.8 Å². The molecule has 0 amide bonds. The third-order valence-electron chi connectivity index (χ3n) is 3.92. The number of aryl methyl sites for hydroxylation is 1. The highest BCUT2D eigenvalue weighted by Gasteiger charge is 2.22. The van der Waals surface area contributed by atoms with E-state index in [-0.39, 0.29) is 0 Å². The number of aromatic nitrogens is 1. The van der Waals surface area contributed by atoms with Gasteiger partial charge in [0.15, 0.2) is 0 Å². The summed E-state index contributed by atoms with van der Waals surface area (Å²) in [5.74, 6) is 0. The molecular formula is C14H19N5. The highest BCUT2D eigenvalue weighted by atomic mass is 15.3. The highest BCUT2D eigenvalue weighted by molar-refractivity contribution is 5.74. The molecule has 19 heavy (non-hydrogen) atoms. The minimum Gasteiger partial charge on any atom is -0.382 e. The van der Waals surface area contributed by atoms with Crippen LogP contribution < -0.4 is 10.2 Å². The quantitative estimate of drug-likeness (QED) is 0.815. The molecule has 5 nitrogen and oxygen atoms in total. The molecule has 100 valence electrons. The van der Waals surface area contributed by atoms with Crippen molar-refractivity contribution in [1.82, 2.24) is 9.88 Å². The molecule has 0 aliphatic carbocycles. The lowest BCUT2D eigenvalue weighted by Crippen LogP contribution is -2.45. The molecule has 3 rings (SSSR count). The van der Waals surface area contributed by atoms with Crippen molar-refractivity contribution in [3.8, 4) is 6.07 Å². The Bertz CT molecular complexity index is 511. The van der Waals surface area contributed by atoms with Crippen LogP contribution in [0.2, 0.25) is 0 Å². The number of pyridine rings is 1. The van der Waals surface area contributed by atoms with Crippen LogP contribution in [0.5, 0.6) is 0 Å². The first kappa shape index (κ1) is 12.2. The first-order valence-electron chi connectivity index (χ1n) is 6.89. The maximum absolute atomic E-state index is 9.14. The van der Waals surface area contributed by atoms with Gasteiger partial charge in [-0.2, -0.15) is 5.26 Å². The number of rotatable bonds is 1. The van der Waals surface area contributed by atoms with Gasteiger partial charge >= 0.3 is 0 Å². The van der Waals surface area contributed by atoms with Gasteiger partial charge in [-0.25, -0.2) is 4.98 Å². The van der Waals surface area contributed by atoms with E-state index in [0.29, 0.717) is 5.69 Å². The van der Waals surface area contributed by atoms with E-state index in [1.54, 1.807) is 0 Å². The molecule has 2 aliphatic heterocycles. The molecule has 0 radical (unpaired) electrons. The fraction of sp³-hybridized carbons (Fsp3) is 0.571. The van der Waals surface area contributed by atoms with E-state index < -0.39 is 0 Å². The van der Waals surface area contributed by atoms with Gasteiger partial charge in [0.2, 0.25) is 0 Å². The Kier molecular flexibility index (Phi) is 3.26. The van der Waals surface area contributed by atoms with Crippen LogP contribution in [0.4, 0.5) is 11.4 Å². The predicted octanol–water partition coefficient (Wildman–Crippen LogP) is 1.06. The fourth-order valence-corrected chi connectivity index (χ4v) is 2.78. The van der Waals surface area contributed by atoms with Crippen LogP contribution in [0.3, 0.4) is 0 Å². The Morgan fingerprint density at radius 2 is 2.11 bits per heavy atom. The van der Waals surface area contributed by atoms with Gasteiger partial charge in [-0.3, -0.25) is 0 Å². The zero-order chi connectivity index (χ0) is 13.2. The first-order valence-corrected chi connectivity index (χ1v) is 6.89. The minimum atomic E-state index is 0.538. The van der Waals surface area contributed by atoms with Crippen molar-refractivity contribution in [2.24, 2.45) is 0 Å². The van der Waals surface area contributed by atoms with Gasteiger partial charge in [0, 0.05) is 38.8 Å². The minimum absolute atomic E-state index is 0.538. The molecule has 0 atom stereocenters. The van der Waals surface area contributed by atoms with Gasteiger partial charge in [0.05, 0.1) is 17.1 Å². The molecule has 3 heterocycles. The van der Waals surface area contributed by atoms with Crippen molar-refractivity contribution in [1.29, 1.82) is 5.26 Å². The van der Waals surface area contributed by atoms with Gasteiger partial charge in [-0.05, 0) is 19.9 Å². The molecule has 0 bridgehead atoms. The van der Waals surface area contributed by atoms with Crippen molar-refractivity contribution in [2.75, 3.05) is 50.0 Å². The lowest BCUT2D eigenvalue weighted by Gasteiger charge is -2.36. The molecule has 1 saturated heterocycles. The number of nitrogens with one attached hydrogen (secondary N) is 1. The predicted molar refractivity (Wildman–Crippen MR) is 75.5 cm³/mol. The zero-order valence-corrected chi connectivity index (χ0v) is 11.3. The Balaban J connectivity index is 1.97. The topological polar surface area (TPSA) is 55.2 Å². The number of hydrogen-bond acceptors (Lipinski definition) is 5. The van der Waals surface area contributed by atoms with Gasteiger partial charge in [0.25, 0.3) is 0 Å². The van der Waals surface area contributed by atoms with E-state index in [1.807, 2.05) is 6.07 Å². The Labute approximate surface area is 113 Å². The maximum Gasteiger partial charge on any atom is 0.143 e. The van der Waals surface area contributed by atoms with Crippen molar-refractivity contribution < 1.29 is 0 Å². The second-order valence-electron chi connectivity index (χ2n) is 5.28. The Morgan fingerprint density at radius 1 is 1.32 bits per heavy atom. The van der Waals surface area contributed by atoms with Crippen LogP contribution in [0.1, 0.15) is 17.8 Å². The number of anilines is 2. The second-order valence-corrected chi connectivity index (χ2v) is 5.28. The highest BCUT2D eigenvalue weighted by Crippen LogP contribution is 2.33. The maximum atomic E-state index is 9.14. The summed E-state index contributed by atoms with van der Waals surface area (Å²) in [7, 11) is 2.15. The van der Waals surface area contributed by atoms with Crippen molar-refractivity contribution in [3.05, 3.63) is 17.5 Å². The summed E-state index contributed by atoms with van der Waals surface area (Å²) in [6.07, 6.45) is 2.07. The van der Waals surface area contributed by atoms with E-state index >= 15 is 0 Å². The van der Waals surface area contributed by atoms with E-state index in [9.17, 15) is 0 Å². The summed E-state index contributed by atoms with van der Waals surface area (Å²) >= 11 is 0. The standard InChI is InChI=1S/C14H19N5/c1-18-5-7-19(8-6-18)13-9-11(10-15)17-12-3-2-4-16-14(12)13/h9,16H,2-8H2,1H3. The van der Waals surface area contributed by atoms with Crippen LogP contribution in [-0.2, 0) is 6.42 Å². The summed E-state index contributed by atoms with van der Waals surface area (Å²) in [6, 6.07) is 4.12. The molecule has 0 aromatic carbocycles. The SMILES string of the molecule is CN1CCN(c2cc(C#N)nc3c2NCCC3)CC1. The molecular weight excluding hydrogens is 238 g/mol. The largest absolute Gasteiger partial charge is 0.382 e. The Hall–Kier alpha value is -1.80. The molecule has 0 saturated carbocycles. The third-order valence-corrected chi connectivity index (χ3v) is 3.92. The first-order chi connectivity index (χ1) is 9.28. The average Bonchev–Trinajstić information content (AvgIpc) is 2.47. The molecule has 1 fully saturated rings. The average molecular weight is 257 g/mol. The van der Waals surface area contributed by atoms with Crippen molar-refractivity contribution in [3.63, 3.8) is 0 Å². The van der Waals surface area contributed by atoms with Crippen LogP contribution in [-0.4, -0.2) is 49.7 Å². The van der Waals surface area contributed by atoms with Crippen molar-refractivity contribution >= 4 is 11.4 Å². The Morgan fingerprint density at radius 3 is 2.84 bits per heavy atom. The van der Waals surface area contributed by atoms with Gasteiger partial charge in [-0.1, -0.05) is 0 Å². The van der Waals surface area contributed by atoms with E-state index in [0.717, 1.165) is 62.6 Å². The van der Waals surface area contributed by atoms with Gasteiger partial charge in [-0.15, -0.1) is 0 Å². The summed E-state index contributed by atoms with van der Waals surface area (Å²) in [6.45, 7) is 5.16. The number of fused-ring (bicyclic) bond motifs is 1. The number of likely N-dealkylation sites (N-methyl/N-ethyl adjacent to an activating group) is 1. The molecule has 2 aliphatic rings. The number of nitrogens with zero attached hydrogens (tertiary/aromatic N) is 4. The van der Waals surface area contributed by atoms with E-state index in [4.69, 9.17) is 5.26 Å². The lowest BCUT2D eigenvalue weighted by molar-refractivity contribution is 0.313. The van der Waals surface area contributed by atoms with Crippen LogP contribution in [0, 0.1) is 11.3 Å². The zero-order valence-electron chi connectivity index (χ0n) is 11.3. The van der Waals surface area contributed by atoms with Crippen molar-refractivity contribution in [2.45, 2.75) is 12.8 Å².